The Kier molecular flexibility index (Phi) is 5.79. The maximum absolute atomic E-state index is 11.9. The Morgan fingerprint density at radius 1 is 1.18 bits per heavy atom. The van der Waals surface area contributed by atoms with Crippen LogP contribution < -0.4 is 10.7 Å². The van der Waals surface area contributed by atoms with Gasteiger partial charge in [0.25, 0.3) is 11.8 Å². The van der Waals surface area contributed by atoms with E-state index in [9.17, 15) is 9.59 Å². The highest BCUT2D eigenvalue weighted by Crippen LogP contribution is 2.15. The van der Waals surface area contributed by atoms with Crippen molar-refractivity contribution in [3.63, 3.8) is 0 Å². The van der Waals surface area contributed by atoms with Gasteiger partial charge in [0, 0.05) is 10.7 Å². The van der Waals surface area contributed by atoms with Gasteiger partial charge in [0.2, 0.25) is 0 Å². The van der Waals surface area contributed by atoms with E-state index in [2.05, 4.69) is 36.8 Å². The van der Waals surface area contributed by atoms with Gasteiger partial charge in [-0.1, -0.05) is 18.2 Å². The van der Waals surface area contributed by atoms with Crippen LogP contribution >= 0.6 is 15.9 Å². The quantitative estimate of drug-likeness (QED) is 0.628. The minimum atomic E-state index is -0.424. The summed E-state index contributed by atoms with van der Waals surface area (Å²) in [6.45, 7) is -0.167. The van der Waals surface area contributed by atoms with E-state index >= 15 is 0 Å². The summed E-state index contributed by atoms with van der Waals surface area (Å²) in [6, 6.07) is 12.3. The van der Waals surface area contributed by atoms with Crippen molar-refractivity contribution in [3.8, 4) is 0 Å². The Morgan fingerprint density at radius 3 is 2.68 bits per heavy atom. The van der Waals surface area contributed by atoms with Gasteiger partial charge in [-0.25, -0.2) is 5.43 Å². The van der Waals surface area contributed by atoms with Crippen molar-refractivity contribution in [1.29, 1.82) is 0 Å². The second-order valence-electron chi connectivity index (χ2n) is 4.21. The lowest BCUT2D eigenvalue weighted by Crippen LogP contribution is -2.35. The zero-order valence-corrected chi connectivity index (χ0v) is 13.1. The zero-order chi connectivity index (χ0) is 15.8. The Bertz CT molecular complexity index is 689. The van der Waals surface area contributed by atoms with Gasteiger partial charge in [-0.2, -0.15) is 5.10 Å². The van der Waals surface area contributed by atoms with Gasteiger partial charge in [0.05, 0.1) is 24.0 Å². The second-order valence-corrected chi connectivity index (χ2v) is 5.06. The number of pyridine rings is 1. The predicted molar refractivity (Wildman–Crippen MR) is 86.4 cm³/mol. The van der Waals surface area contributed by atoms with E-state index in [4.69, 9.17) is 0 Å². The second kappa shape index (κ2) is 8.04. The molecule has 0 unspecified atom stereocenters. The van der Waals surface area contributed by atoms with E-state index in [1.165, 1.54) is 6.21 Å². The highest BCUT2D eigenvalue weighted by atomic mass is 79.9. The van der Waals surface area contributed by atoms with Crippen molar-refractivity contribution in [2.24, 2.45) is 5.10 Å². The van der Waals surface area contributed by atoms with Crippen LogP contribution in [0.2, 0.25) is 0 Å². The fourth-order valence-corrected chi connectivity index (χ4v) is 2.03. The third-order valence-corrected chi connectivity index (χ3v) is 3.29. The number of rotatable bonds is 5. The number of hydrazone groups is 1. The Hall–Kier alpha value is -2.54. The summed E-state index contributed by atoms with van der Waals surface area (Å²) >= 11 is 3.28. The molecule has 0 saturated heterocycles. The third kappa shape index (κ3) is 4.78. The van der Waals surface area contributed by atoms with E-state index in [0.717, 1.165) is 0 Å². The molecule has 2 N–H and O–H groups in total. The van der Waals surface area contributed by atoms with Gasteiger partial charge < -0.3 is 5.32 Å². The van der Waals surface area contributed by atoms with Crippen LogP contribution in [-0.2, 0) is 4.79 Å². The molecule has 0 aliphatic heterocycles. The minimum Gasteiger partial charge on any atom is -0.343 e. The summed E-state index contributed by atoms with van der Waals surface area (Å²) in [6.07, 6.45) is 3.05. The molecule has 0 radical (unpaired) electrons. The number of hydrogen-bond acceptors (Lipinski definition) is 4. The SMILES string of the molecule is O=C(CNC(=O)c1ccccc1Br)N/N=C/c1ccccn1. The molecule has 0 spiro atoms. The first-order valence-electron chi connectivity index (χ1n) is 6.42. The van der Waals surface area contributed by atoms with Crippen LogP contribution in [0.1, 0.15) is 16.1 Å². The molecule has 2 aromatic rings. The Balaban J connectivity index is 1.80. The molecule has 0 saturated carbocycles. The lowest BCUT2D eigenvalue weighted by atomic mass is 10.2. The van der Waals surface area contributed by atoms with Gasteiger partial charge in [0.1, 0.15) is 0 Å². The van der Waals surface area contributed by atoms with Gasteiger partial charge in [-0.05, 0) is 40.2 Å². The number of benzene rings is 1. The normalized spacial score (nSPS) is 10.4. The summed E-state index contributed by atoms with van der Waals surface area (Å²) in [5.41, 5.74) is 3.41. The van der Waals surface area contributed by atoms with Crippen LogP contribution in [-0.4, -0.2) is 29.6 Å². The summed E-state index contributed by atoms with van der Waals surface area (Å²) in [5, 5.41) is 6.28. The molecule has 2 amide bonds. The van der Waals surface area contributed by atoms with Gasteiger partial charge in [-0.3, -0.25) is 14.6 Å². The van der Waals surface area contributed by atoms with Crippen LogP contribution in [0.3, 0.4) is 0 Å². The molecule has 1 aromatic carbocycles. The minimum absolute atomic E-state index is 0.167. The van der Waals surface area contributed by atoms with Crippen LogP contribution in [0.25, 0.3) is 0 Å². The highest BCUT2D eigenvalue weighted by Gasteiger charge is 2.10. The zero-order valence-electron chi connectivity index (χ0n) is 11.5. The maximum Gasteiger partial charge on any atom is 0.259 e. The molecule has 1 heterocycles. The van der Waals surface area contributed by atoms with Crippen LogP contribution in [0, 0.1) is 0 Å². The number of halogens is 1. The molecule has 0 aliphatic carbocycles. The average Bonchev–Trinajstić information content (AvgIpc) is 2.54. The molecule has 0 bridgehead atoms. The number of aromatic nitrogens is 1. The van der Waals surface area contributed by atoms with Crippen molar-refractivity contribution in [3.05, 3.63) is 64.4 Å². The monoisotopic (exact) mass is 360 g/mol. The molecule has 6 nitrogen and oxygen atoms in total. The smallest absolute Gasteiger partial charge is 0.259 e. The molecule has 0 fully saturated rings. The molecule has 2 rings (SSSR count). The maximum atomic E-state index is 11.9. The largest absolute Gasteiger partial charge is 0.343 e. The van der Waals surface area contributed by atoms with Crippen molar-refractivity contribution < 1.29 is 9.59 Å². The van der Waals surface area contributed by atoms with Gasteiger partial charge >= 0.3 is 0 Å². The molecule has 112 valence electrons. The van der Waals surface area contributed by atoms with Crippen LogP contribution in [0.15, 0.2) is 58.2 Å². The van der Waals surface area contributed by atoms with E-state index in [0.29, 0.717) is 15.7 Å². The van der Waals surface area contributed by atoms with E-state index in [-0.39, 0.29) is 12.5 Å². The van der Waals surface area contributed by atoms with Crippen molar-refractivity contribution in [1.82, 2.24) is 15.7 Å². The lowest BCUT2D eigenvalue weighted by Gasteiger charge is -2.05. The fourth-order valence-electron chi connectivity index (χ4n) is 1.56. The summed E-state index contributed by atoms with van der Waals surface area (Å²) in [7, 11) is 0. The fraction of sp³-hybridized carbons (Fsp3) is 0.0667. The van der Waals surface area contributed by atoms with Crippen LogP contribution in [0.5, 0.6) is 0 Å². The Labute approximate surface area is 135 Å². The average molecular weight is 361 g/mol. The van der Waals surface area contributed by atoms with Gasteiger partial charge in [0.15, 0.2) is 0 Å². The molecular weight excluding hydrogens is 348 g/mol. The van der Waals surface area contributed by atoms with Gasteiger partial charge in [-0.15, -0.1) is 0 Å². The molecule has 7 heteroatoms. The van der Waals surface area contributed by atoms with E-state index < -0.39 is 5.91 Å². The van der Waals surface area contributed by atoms with E-state index in [1.54, 1.807) is 42.6 Å². The number of amides is 2. The summed E-state index contributed by atoms with van der Waals surface area (Å²) in [5.74, 6) is -0.760. The first-order valence-corrected chi connectivity index (χ1v) is 7.22. The number of nitrogens with zero attached hydrogens (tertiary/aromatic N) is 2. The molecule has 22 heavy (non-hydrogen) atoms. The molecule has 1 aromatic heterocycles. The highest BCUT2D eigenvalue weighted by molar-refractivity contribution is 9.10. The summed E-state index contributed by atoms with van der Waals surface area (Å²) < 4.78 is 0.668. The van der Waals surface area contributed by atoms with E-state index in [1.807, 2.05) is 6.07 Å². The number of carbonyl (C=O) groups excluding carboxylic acids is 2. The molecule has 0 aliphatic rings. The Morgan fingerprint density at radius 2 is 1.95 bits per heavy atom. The van der Waals surface area contributed by atoms with Crippen molar-refractivity contribution in [2.45, 2.75) is 0 Å². The van der Waals surface area contributed by atoms with Crippen molar-refractivity contribution in [2.75, 3.05) is 6.54 Å². The van der Waals surface area contributed by atoms with Crippen molar-refractivity contribution >= 4 is 34.0 Å². The predicted octanol–water partition coefficient (Wildman–Crippen LogP) is 1.72. The number of nitrogens with one attached hydrogen (secondary N) is 2. The topological polar surface area (TPSA) is 83.5 Å². The van der Waals surface area contributed by atoms with Crippen LogP contribution in [0.4, 0.5) is 0 Å². The first-order chi connectivity index (χ1) is 10.7. The summed E-state index contributed by atoms with van der Waals surface area (Å²) in [4.78, 5) is 27.5. The lowest BCUT2D eigenvalue weighted by molar-refractivity contribution is -0.120. The molecule has 0 atom stereocenters. The molecular formula is C15H13BrN4O2. The first kappa shape index (κ1) is 15.8. The number of hydrogen-bond donors (Lipinski definition) is 2. The third-order valence-electron chi connectivity index (χ3n) is 2.60. The number of carbonyl (C=O) groups is 2. The standard InChI is InChI=1S/C15H13BrN4O2/c16-13-7-2-1-6-12(13)15(22)18-10-14(21)20-19-9-11-5-3-4-8-17-11/h1-9H,10H2,(H,18,22)(H,20,21)/b19-9+.